The van der Waals surface area contributed by atoms with E-state index in [9.17, 15) is 4.79 Å². The largest absolute Gasteiger partial charge is 0.356 e. The highest BCUT2D eigenvalue weighted by Gasteiger charge is 2.27. The molecule has 0 unspecified atom stereocenters. The van der Waals surface area contributed by atoms with E-state index in [1.807, 2.05) is 30.3 Å². The Hall–Kier alpha value is -1.78. The number of hydrogen-bond acceptors (Lipinski definition) is 3. The third-order valence-electron chi connectivity index (χ3n) is 5.24. The molecule has 1 aliphatic heterocycles. The Balaban J connectivity index is 1.47. The molecule has 0 bridgehead atoms. The van der Waals surface area contributed by atoms with Crippen molar-refractivity contribution >= 4 is 11.8 Å². The van der Waals surface area contributed by atoms with Crippen molar-refractivity contribution in [2.24, 2.45) is 0 Å². The molecule has 0 aromatic carbocycles. The Morgan fingerprint density at radius 2 is 1.91 bits per heavy atom. The standard InChI is InChI=1S/C18H28N4O/c1-21(18(23)20-15-7-3-2-4-8-15)16-10-13-22(14-11-16)17-9-5-6-12-19-17/h5-6,9,12,15-16H,2-4,7-8,10-11,13-14H2,1H3,(H,20,23). The summed E-state index contributed by atoms with van der Waals surface area (Å²) in [5, 5.41) is 3.22. The van der Waals surface area contributed by atoms with E-state index in [4.69, 9.17) is 0 Å². The maximum Gasteiger partial charge on any atom is 0.317 e. The fourth-order valence-corrected chi connectivity index (χ4v) is 3.71. The second-order valence-corrected chi connectivity index (χ2v) is 6.80. The summed E-state index contributed by atoms with van der Waals surface area (Å²) in [4.78, 5) is 21.1. The van der Waals surface area contributed by atoms with Crippen LogP contribution >= 0.6 is 0 Å². The van der Waals surface area contributed by atoms with Gasteiger partial charge in [-0.1, -0.05) is 25.3 Å². The summed E-state index contributed by atoms with van der Waals surface area (Å²) in [7, 11) is 1.94. The fourth-order valence-electron chi connectivity index (χ4n) is 3.71. The first kappa shape index (κ1) is 16.1. The number of piperidine rings is 1. The molecule has 1 aromatic heterocycles. The molecule has 0 spiro atoms. The molecule has 1 N–H and O–H groups in total. The van der Waals surface area contributed by atoms with Gasteiger partial charge in [-0.2, -0.15) is 0 Å². The van der Waals surface area contributed by atoms with Crippen molar-refractivity contribution in [3.05, 3.63) is 24.4 Å². The minimum atomic E-state index is 0.105. The van der Waals surface area contributed by atoms with Gasteiger partial charge in [-0.05, 0) is 37.8 Å². The number of aromatic nitrogens is 1. The van der Waals surface area contributed by atoms with Crippen molar-refractivity contribution in [3.8, 4) is 0 Å². The number of rotatable bonds is 3. The molecule has 1 saturated heterocycles. The Kier molecular flexibility index (Phi) is 5.36. The molecule has 0 atom stereocenters. The van der Waals surface area contributed by atoms with Gasteiger partial charge in [0.15, 0.2) is 0 Å². The molecule has 5 nitrogen and oxygen atoms in total. The smallest absolute Gasteiger partial charge is 0.317 e. The number of pyridine rings is 1. The number of nitrogens with one attached hydrogen (secondary N) is 1. The summed E-state index contributed by atoms with van der Waals surface area (Å²) in [6, 6.07) is 6.84. The van der Waals surface area contributed by atoms with E-state index in [1.165, 1.54) is 19.3 Å². The van der Waals surface area contributed by atoms with Crippen LogP contribution in [0.1, 0.15) is 44.9 Å². The molecule has 2 fully saturated rings. The van der Waals surface area contributed by atoms with E-state index < -0.39 is 0 Å². The number of nitrogens with zero attached hydrogens (tertiary/aromatic N) is 3. The number of hydrogen-bond donors (Lipinski definition) is 1. The van der Waals surface area contributed by atoms with Gasteiger partial charge in [0.25, 0.3) is 0 Å². The molecule has 2 amide bonds. The van der Waals surface area contributed by atoms with Gasteiger partial charge < -0.3 is 15.1 Å². The van der Waals surface area contributed by atoms with Crippen LogP contribution in [0.4, 0.5) is 10.6 Å². The first-order valence-corrected chi connectivity index (χ1v) is 8.93. The van der Waals surface area contributed by atoms with Crippen LogP contribution in [0.5, 0.6) is 0 Å². The van der Waals surface area contributed by atoms with Gasteiger partial charge >= 0.3 is 6.03 Å². The highest BCUT2D eigenvalue weighted by molar-refractivity contribution is 5.74. The maximum atomic E-state index is 12.5. The predicted octanol–water partition coefficient (Wildman–Crippen LogP) is 3.02. The molecule has 1 saturated carbocycles. The molecule has 1 aliphatic carbocycles. The van der Waals surface area contributed by atoms with Crippen LogP contribution in [0.2, 0.25) is 0 Å². The molecule has 1 aromatic rings. The first-order chi connectivity index (χ1) is 11.2. The molecule has 23 heavy (non-hydrogen) atoms. The molecular formula is C18H28N4O. The van der Waals surface area contributed by atoms with Gasteiger partial charge in [0.2, 0.25) is 0 Å². The normalized spacial score (nSPS) is 20.3. The molecule has 126 valence electrons. The zero-order valence-electron chi connectivity index (χ0n) is 14.1. The summed E-state index contributed by atoms with van der Waals surface area (Å²) in [5.74, 6) is 1.04. The average Bonchev–Trinajstić information content (AvgIpc) is 2.63. The predicted molar refractivity (Wildman–Crippen MR) is 92.6 cm³/mol. The Labute approximate surface area is 139 Å². The van der Waals surface area contributed by atoms with Gasteiger partial charge in [0.05, 0.1) is 0 Å². The van der Waals surface area contributed by atoms with Crippen molar-refractivity contribution in [1.82, 2.24) is 15.2 Å². The van der Waals surface area contributed by atoms with Crippen LogP contribution < -0.4 is 10.2 Å². The monoisotopic (exact) mass is 316 g/mol. The Bertz CT molecular complexity index is 493. The van der Waals surface area contributed by atoms with E-state index in [2.05, 4.69) is 21.3 Å². The van der Waals surface area contributed by atoms with Crippen LogP contribution in [-0.4, -0.2) is 48.1 Å². The van der Waals surface area contributed by atoms with E-state index in [-0.39, 0.29) is 6.03 Å². The molecule has 2 heterocycles. The molecular weight excluding hydrogens is 288 g/mol. The topological polar surface area (TPSA) is 48.5 Å². The summed E-state index contributed by atoms with van der Waals surface area (Å²) in [6.07, 6.45) is 9.93. The third-order valence-corrected chi connectivity index (χ3v) is 5.24. The van der Waals surface area contributed by atoms with Crippen LogP contribution in [0.3, 0.4) is 0 Å². The van der Waals surface area contributed by atoms with E-state index in [1.54, 1.807) is 0 Å². The molecule has 3 rings (SSSR count). The second kappa shape index (κ2) is 7.66. The Morgan fingerprint density at radius 1 is 1.17 bits per heavy atom. The lowest BCUT2D eigenvalue weighted by atomic mass is 9.95. The summed E-state index contributed by atoms with van der Waals surface area (Å²) < 4.78 is 0. The van der Waals surface area contributed by atoms with Gasteiger partial charge in [0.1, 0.15) is 5.82 Å². The van der Waals surface area contributed by atoms with E-state index in [0.717, 1.165) is 44.6 Å². The highest BCUT2D eigenvalue weighted by atomic mass is 16.2. The minimum absolute atomic E-state index is 0.105. The van der Waals surface area contributed by atoms with E-state index in [0.29, 0.717) is 12.1 Å². The zero-order chi connectivity index (χ0) is 16.1. The van der Waals surface area contributed by atoms with Gasteiger partial charge in [-0.3, -0.25) is 0 Å². The van der Waals surface area contributed by atoms with Crippen LogP contribution in [-0.2, 0) is 0 Å². The number of urea groups is 1. The van der Waals surface area contributed by atoms with Crippen molar-refractivity contribution in [3.63, 3.8) is 0 Å². The Morgan fingerprint density at radius 3 is 2.57 bits per heavy atom. The van der Waals surface area contributed by atoms with Crippen molar-refractivity contribution < 1.29 is 4.79 Å². The number of carbonyl (C=O) groups is 1. The molecule has 0 radical (unpaired) electrons. The summed E-state index contributed by atoms with van der Waals surface area (Å²) >= 11 is 0. The highest BCUT2D eigenvalue weighted by Crippen LogP contribution is 2.21. The lowest BCUT2D eigenvalue weighted by molar-refractivity contribution is 0.173. The van der Waals surface area contributed by atoms with Crippen LogP contribution in [0, 0.1) is 0 Å². The number of anilines is 1. The quantitative estimate of drug-likeness (QED) is 0.932. The van der Waals surface area contributed by atoms with Gasteiger partial charge in [-0.15, -0.1) is 0 Å². The first-order valence-electron chi connectivity index (χ1n) is 8.93. The van der Waals surface area contributed by atoms with Crippen LogP contribution in [0.15, 0.2) is 24.4 Å². The van der Waals surface area contributed by atoms with Crippen molar-refractivity contribution in [2.75, 3.05) is 25.0 Å². The van der Waals surface area contributed by atoms with Gasteiger partial charge in [-0.25, -0.2) is 9.78 Å². The number of carbonyl (C=O) groups excluding carboxylic acids is 1. The lowest BCUT2D eigenvalue weighted by Gasteiger charge is -2.38. The average molecular weight is 316 g/mol. The summed E-state index contributed by atoms with van der Waals surface area (Å²) in [5.41, 5.74) is 0. The van der Waals surface area contributed by atoms with Crippen LogP contribution in [0.25, 0.3) is 0 Å². The third kappa shape index (κ3) is 4.15. The maximum absolute atomic E-state index is 12.5. The second-order valence-electron chi connectivity index (χ2n) is 6.80. The zero-order valence-corrected chi connectivity index (χ0v) is 14.1. The number of amides is 2. The SMILES string of the molecule is CN(C(=O)NC1CCCCC1)C1CCN(c2ccccn2)CC1. The van der Waals surface area contributed by atoms with Crippen molar-refractivity contribution in [2.45, 2.75) is 57.0 Å². The van der Waals surface area contributed by atoms with Gasteiger partial charge in [0, 0.05) is 38.4 Å². The van der Waals surface area contributed by atoms with Crippen molar-refractivity contribution in [1.29, 1.82) is 0 Å². The lowest BCUT2D eigenvalue weighted by Crippen LogP contribution is -2.51. The fraction of sp³-hybridized carbons (Fsp3) is 0.667. The molecule has 5 heteroatoms. The summed E-state index contributed by atoms with van der Waals surface area (Å²) in [6.45, 7) is 1.92. The molecule has 2 aliphatic rings. The van der Waals surface area contributed by atoms with E-state index >= 15 is 0 Å². The minimum Gasteiger partial charge on any atom is -0.356 e.